The van der Waals surface area contributed by atoms with E-state index in [9.17, 15) is 26.4 Å². The van der Waals surface area contributed by atoms with Gasteiger partial charge < -0.3 is 5.32 Å². The van der Waals surface area contributed by atoms with Crippen molar-refractivity contribution in [3.63, 3.8) is 0 Å². The molecule has 1 N–H and O–H groups in total. The molecule has 122 valence electrons. The number of halogens is 3. The van der Waals surface area contributed by atoms with Crippen molar-refractivity contribution < 1.29 is 26.4 Å². The SMILES string of the molecule is Cc1nc(C(F)(F)F)ccc1C(=O)NC1(C)CCS(=O)(=O)C1. The van der Waals surface area contributed by atoms with Gasteiger partial charge in [0.05, 0.1) is 28.3 Å². The third-order valence-electron chi connectivity index (χ3n) is 3.54. The second-order valence-corrected chi connectivity index (χ2v) is 7.87. The summed E-state index contributed by atoms with van der Waals surface area (Å²) in [5.74, 6) is -0.828. The summed E-state index contributed by atoms with van der Waals surface area (Å²) in [6, 6.07) is 1.78. The normalized spacial score (nSPS) is 24.2. The lowest BCUT2D eigenvalue weighted by Gasteiger charge is -2.24. The molecule has 1 aliphatic rings. The van der Waals surface area contributed by atoms with Crippen molar-refractivity contribution in [2.24, 2.45) is 0 Å². The van der Waals surface area contributed by atoms with E-state index in [-0.39, 0.29) is 29.2 Å². The Labute approximate surface area is 125 Å². The molecule has 1 aromatic heterocycles. The second kappa shape index (κ2) is 5.22. The number of nitrogens with one attached hydrogen (secondary N) is 1. The lowest BCUT2D eigenvalue weighted by molar-refractivity contribution is -0.141. The topological polar surface area (TPSA) is 76.1 Å². The van der Waals surface area contributed by atoms with E-state index in [0.29, 0.717) is 0 Å². The highest BCUT2D eigenvalue weighted by molar-refractivity contribution is 7.91. The molecule has 22 heavy (non-hydrogen) atoms. The Morgan fingerprint density at radius 1 is 1.36 bits per heavy atom. The van der Waals surface area contributed by atoms with Crippen molar-refractivity contribution in [3.8, 4) is 0 Å². The highest BCUT2D eigenvalue weighted by atomic mass is 32.2. The molecular formula is C13H15F3N2O3S. The van der Waals surface area contributed by atoms with Crippen LogP contribution in [0.3, 0.4) is 0 Å². The number of amides is 1. The largest absolute Gasteiger partial charge is 0.433 e. The number of sulfone groups is 1. The Balaban J connectivity index is 2.21. The molecule has 1 unspecified atom stereocenters. The molecule has 2 rings (SSSR count). The van der Waals surface area contributed by atoms with Gasteiger partial charge in [0.15, 0.2) is 9.84 Å². The molecule has 0 saturated carbocycles. The first-order valence-corrected chi connectivity index (χ1v) is 8.32. The van der Waals surface area contributed by atoms with Gasteiger partial charge in [-0.2, -0.15) is 13.2 Å². The number of rotatable bonds is 2. The fourth-order valence-corrected chi connectivity index (χ4v) is 4.50. The summed E-state index contributed by atoms with van der Waals surface area (Å²) >= 11 is 0. The number of hydrogen-bond donors (Lipinski definition) is 1. The maximum atomic E-state index is 12.5. The molecular weight excluding hydrogens is 321 g/mol. The van der Waals surface area contributed by atoms with Gasteiger partial charge in [-0.25, -0.2) is 13.4 Å². The first-order valence-electron chi connectivity index (χ1n) is 6.50. The summed E-state index contributed by atoms with van der Waals surface area (Å²) in [7, 11) is -3.20. The van der Waals surface area contributed by atoms with Gasteiger partial charge in [0, 0.05) is 0 Å². The molecule has 0 bridgehead atoms. The van der Waals surface area contributed by atoms with Crippen LogP contribution < -0.4 is 5.32 Å². The predicted molar refractivity (Wildman–Crippen MR) is 73.1 cm³/mol. The highest BCUT2D eigenvalue weighted by Gasteiger charge is 2.40. The zero-order chi connectivity index (χ0) is 16.8. The van der Waals surface area contributed by atoms with Crippen LogP contribution in [0.4, 0.5) is 13.2 Å². The lowest BCUT2D eigenvalue weighted by Crippen LogP contribution is -2.47. The molecule has 5 nitrogen and oxygen atoms in total. The van der Waals surface area contributed by atoms with Crippen molar-refractivity contribution in [1.82, 2.24) is 10.3 Å². The fraction of sp³-hybridized carbons (Fsp3) is 0.538. The summed E-state index contributed by atoms with van der Waals surface area (Å²) < 4.78 is 60.6. The molecule has 1 amide bonds. The minimum Gasteiger partial charge on any atom is -0.346 e. The van der Waals surface area contributed by atoms with E-state index in [1.54, 1.807) is 6.92 Å². The molecule has 1 saturated heterocycles. The average molecular weight is 336 g/mol. The standard InChI is InChI=1S/C13H15F3N2O3S/c1-8-9(3-4-10(17-8)13(14,15)16)11(19)18-12(2)5-6-22(20,21)7-12/h3-4H,5-7H2,1-2H3,(H,18,19). The third-order valence-corrected chi connectivity index (χ3v) is 5.44. The van der Waals surface area contributed by atoms with Gasteiger partial charge >= 0.3 is 6.18 Å². The van der Waals surface area contributed by atoms with E-state index >= 15 is 0 Å². The van der Waals surface area contributed by atoms with E-state index < -0.39 is 33.2 Å². The zero-order valence-electron chi connectivity index (χ0n) is 12.0. The molecule has 1 atom stereocenters. The van der Waals surface area contributed by atoms with Crippen molar-refractivity contribution >= 4 is 15.7 Å². The monoisotopic (exact) mass is 336 g/mol. The quantitative estimate of drug-likeness (QED) is 0.892. The number of aryl methyl sites for hydroxylation is 1. The summed E-state index contributed by atoms with van der Waals surface area (Å²) in [6.45, 7) is 2.90. The Morgan fingerprint density at radius 2 is 2.00 bits per heavy atom. The predicted octanol–water partition coefficient (Wildman–Crippen LogP) is 1.72. The molecule has 0 aliphatic carbocycles. The smallest absolute Gasteiger partial charge is 0.346 e. The van der Waals surface area contributed by atoms with Crippen LogP contribution in [0.15, 0.2) is 12.1 Å². The molecule has 1 fully saturated rings. The number of pyridine rings is 1. The second-order valence-electron chi connectivity index (χ2n) is 5.68. The molecule has 2 heterocycles. The van der Waals surface area contributed by atoms with Crippen molar-refractivity contribution in [3.05, 3.63) is 29.1 Å². The summed E-state index contributed by atoms with van der Waals surface area (Å²) in [6.07, 6.45) is -4.31. The van der Waals surface area contributed by atoms with Crippen LogP contribution in [-0.2, 0) is 16.0 Å². The first-order chi connectivity index (χ1) is 9.92. The van der Waals surface area contributed by atoms with Gasteiger partial charge in [-0.15, -0.1) is 0 Å². The summed E-state index contributed by atoms with van der Waals surface area (Å²) in [4.78, 5) is 15.6. The number of nitrogens with zero attached hydrogens (tertiary/aromatic N) is 1. The minimum absolute atomic E-state index is 0.00137. The number of aromatic nitrogens is 1. The van der Waals surface area contributed by atoms with Gasteiger partial charge in [0.1, 0.15) is 5.69 Å². The van der Waals surface area contributed by atoms with Gasteiger partial charge in [-0.1, -0.05) is 0 Å². The van der Waals surface area contributed by atoms with Gasteiger partial charge in [0.25, 0.3) is 5.91 Å². The fourth-order valence-electron chi connectivity index (χ4n) is 2.41. The number of alkyl halides is 3. The number of carbonyl (C=O) groups excluding carboxylic acids is 1. The Morgan fingerprint density at radius 3 is 2.45 bits per heavy atom. The van der Waals surface area contributed by atoms with Gasteiger partial charge in [-0.3, -0.25) is 4.79 Å². The van der Waals surface area contributed by atoms with E-state index in [1.165, 1.54) is 6.92 Å². The maximum Gasteiger partial charge on any atom is 0.433 e. The molecule has 1 aliphatic heterocycles. The van der Waals surface area contributed by atoms with Crippen LogP contribution in [0.5, 0.6) is 0 Å². The van der Waals surface area contributed by atoms with Crippen LogP contribution >= 0.6 is 0 Å². The van der Waals surface area contributed by atoms with Crippen molar-refractivity contribution in [1.29, 1.82) is 0 Å². The van der Waals surface area contributed by atoms with Crippen LogP contribution in [0.1, 0.15) is 35.1 Å². The van der Waals surface area contributed by atoms with Crippen LogP contribution in [0.2, 0.25) is 0 Å². The van der Waals surface area contributed by atoms with Crippen LogP contribution in [-0.4, -0.2) is 36.4 Å². The minimum atomic E-state index is -4.58. The lowest BCUT2D eigenvalue weighted by atomic mass is 10.0. The summed E-state index contributed by atoms with van der Waals surface area (Å²) in [5.41, 5.74) is -2.04. The van der Waals surface area contributed by atoms with E-state index in [0.717, 1.165) is 12.1 Å². The van der Waals surface area contributed by atoms with Crippen LogP contribution in [0, 0.1) is 6.92 Å². The van der Waals surface area contributed by atoms with Gasteiger partial charge in [-0.05, 0) is 32.4 Å². The Hall–Kier alpha value is -1.64. The number of carbonyl (C=O) groups is 1. The number of hydrogen-bond acceptors (Lipinski definition) is 4. The molecule has 1 aromatic rings. The molecule has 0 radical (unpaired) electrons. The highest BCUT2D eigenvalue weighted by Crippen LogP contribution is 2.28. The average Bonchev–Trinajstić information content (AvgIpc) is 2.61. The van der Waals surface area contributed by atoms with Gasteiger partial charge in [0.2, 0.25) is 0 Å². The van der Waals surface area contributed by atoms with E-state index in [4.69, 9.17) is 0 Å². The molecule has 0 spiro atoms. The zero-order valence-corrected chi connectivity index (χ0v) is 12.8. The van der Waals surface area contributed by atoms with Crippen molar-refractivity contribution in [2.45, 2.75) is 32.0 Å². The Bertz CT molecular complexity index is 716. The Kier molecular flexibility index (Phi) is 3.97. The third kappa shape index (κ3) is 3.57. The first kappa shape index (κ1) is 16.7. The van der Waals surface area contributed by atoms with E-state index in [2.05, 4.69) is 10.3 Å². The maximum absolute atomic E-state index is 12.5. The summed E-state index contributed by atoms with van der Waals surface area (Å²) in [5, 5.41) is 2.59. The van der Waals surface area contributed by atoms with E-state index in [1.807, 2.05) is 0 Å². The van der Waals surface area contributed by atoms with Crippen LogP contribution in [0.25, 0.3) is 0 Å². The molecule has 0 aromatic carbocycles. The van der Waals surface area contributed by atoms with Crippen molar-refractivity contribution in [2.75, 3.05) is 11.5 Å². The molecule has 9 heteroatoms.